The number of fused-ring (bicyclic) bond motifs is 4. The van der Waals surface area contributed by atoms with Gasteiger partial charge < -0.3 is 15.7 Å². The van der Waals surface area contributed by atoms with Crippen molar-refractivity contribution in [2.75, 3.05) is 5.32 Å². The Bertz CT molecular complexity index is 791. The van der Waals surface area contributed by atoms with Crippen molar-refractivity contribution in [2.45, 2.75) is 32.2 Å². The number of rotatable bonds is 1. The average molecular weight is 339 g/mol. The van der Waals surface area contributed by atoms with Gasteiger partial charge in [0.15, 0.2) is 0 Å². The van der Waals surface area contributed by atoms with Crippen molar-refractivity contribution < 1.29 is 14.7 Å². The molecule has 6 nitrogen and oxygen atoms in total. The number of anilines is 1. The predicted molar refractivity (Wildman–Crippen MR) is 95.2 cm³/mol. The van der Waals surface area contributed by atoms with E-state index in [-0.39, 0.29) is 17.9 Å². The average Bonchev–Trinajstić information content (AvgIpc) is 2.60. The molecule has 6 heteroatoms. The van der Waals surface area contributed by atoms with Crippen molar-refractivity contribution in [1.29, 1.82) is 0 Å². The second-order valence-electron chi connectivity index (χ2n) is 6.35. The molecule has 1 aliphatic rings. The molecule has 3 rings (SSSR count). The van der Waals surface area contributed by atoms with Gasteiger partial charge in [0, 0.05) is 17.7 Å². The number of aromatic nitrogens is 1. The minimum atomic E-state index is -1.05. The lowest BCUT2D eigenvalue weighted by Gasteiger charge is -2.21. The van der Waals surface area contributed by atoms with E-state index in [0.29, 0.717) is 24.2 Å². The number of hydrogen-bond acceptors (Lipinski definition) is 3. The number of pyridine rings is 1. The summed E-state index contributed by atoms with van der Waals surface area (Å²) in [4.78, 5) is 28.0. The molecule has 25 heavy (non-hydrogen) atoms. The van der Waals surface area contributed by atoms with Crippen molar-refractivity contribution in [2.24, 2.45) is 5.92 Å². The van der Waals surface area contributed by atoms with Crippen LogP contribution in [0, 0.1) is 5.92 Å². The molecule has 0 unspecified atom stereocenters. The Labute approximate surface area is 146 Å². The van der Waals surface area contributed by atoms with Gasteiger partial charge in [-0.25, -0.2) is 4.79 Å². The highest BCUT2D eigenvalue weighted by Crippen LogP contribution is 2.30. The van der Waals surface area contributed by atoms with Gasteiger partial charge in [-0.3, -0.25) is 9.78 Å². The Morgan fingerprint density at radius 2 is 2.12 bits per heavy atom. The maximum Gasteiger partial charge on any atom is 0.405 e. The van der Waals surface area contributed by atoms with Crippen LogP contribution in [0.2, 0.25) is 0 Å². The molecule has 1 aromatic carbocycles. The van der Waals surface area contributed by atoms with Crippen LogP contribution in [0.5, 0.6) is 0 Å². The smallest absolute Gasteiger partial charge is 0.405 e. The van der Waals surface area contributed by atoms with Crippen LogP contribution in [0.1, 0.15) is 37.8 Å². The first kappa shape index (κ1) is 17.0. The fourth-order valence-electron chi connectivity index (χ4n) is 3.13. The van der Waals surface area contributed by atoms with Gasteiger partial charge in [-0.05, 0) is 36.6 Å². The van der Waals surface area contributed by atoms with Gasteiger partial charge in [0.25, 0.3) is 0 Å². The van der Waals surface area contributed by atoms with Crippen LogP contribution in [0.25, 0.3) is 11.3 Å². The van der Waals surface area contributed by atoms with Gasteiger partial charge in [-0.2, -0.15) is 0 Å². The Kier molecular flexibility index (Phi) is 4.97. The second-order valence-corrected chi connectivity index (χ2v) is 6.35. The van der Waals surface area contributed by atoms with Gasteiger partial charge in [-0.1, -0.05) is 31.5 Å². The van der Waals surface area contributed by atoms with E-state index in [0.717, 1.165) is 17.5 Å². The van der Waals surface area contributed by atoms with Crippen LogP contribution in [0.4, 0.5) is 10.5 Å². The minimum absolute atomic E-state index is 0.0475. The molecule has 130 valence electrons. The number of nitrogens with one attached hydrogen (secondary N) is 2. The maximum atomic E-state index is 12.4. The van der Waals surface area contributed by atoms with E-state index in [1.807, 2.05) is 37.3 Å². The van der Waals surface area contributed by atoms with Crippen LogP contribution < -0.4 is 10.6 Å². The van der Waals surface area contributed by atoms with Gasteiger partial charge in [0.2, 0.25) is 5.91 Å². The fourth-order valence-corrected chi connectivity index (χ4v) is 3.13. The molecule has 0 fully saturated rings. The van der Waals surface area contributed by atoms with E-state index in [4.69, 9.17) is 5.11 Å². The highest BCUT2D eigenvalue weighted by molar-refractivity contribution is 5.95. The Balaban J connectivity index is 2.07. The molecule has 2 heterocycles. The van der Waals surface area contributed by atoms with Crippen LogP contribution in [-0.2, 0) is 4.79 Å². The number of amides is 2. The fraction of sp³-hybridized carbons (Fsp3) is 0.316. The predicted octanol–water partition coefficient (Wildman–Crippen LogP) is 3.82. The van der Waals surface area contributed by atoms with Crippen molar-refractivity contribution >= 4 is 17.7 Å². The molecule has 0 radical (unpaired) electrons. The molecule has 2 atom stereocenters. The maximum absolute atomic E-state index is 12.4. The zero-order valence-electron chi connectivity index (χ0n) is 14.0. The third kappa shape index (κ3) is 3.96. The molecule has 0 spiro atoms. The molecule has 2 aromatic rings. The van der Waals surface area contributed by atoms with Crippen LogP contribution in [0.3, 0.4) is 0 Å². The van der Waals surface area contributed by atoms with Crippen molar-refractivity contribution in [3.05, 3.63) is 48.2 Å². The summed E-state index contributed by atoms with van der Waals surface area (Å²) in [5, 5.41) is 14.7. The van der Waals surface area contributed by atoms with Gasteiger partial charge in [0.1, 0.15) is 0 Å². The third-order valence-corrected chi connectivity index (χ3v) is 4.50. The van der Waals surface area contributed by atoms with Crippen LogP contribution in [-0.4, -0.2) is 22.1 Å². The van der Waals surface area contributed by atoms with Crippen molar-refractivity contribution in [3.8, 4) is 11.3 Å². The van der Waals surface area contributed by atoms with Gasteiger partial charge >= 0.3 is 6.09 Å². The van der Waals surface area contributed by atoms with Crippen molar-refractivity contribution in [1.82, 2.24) is 10.3 Å². The molecule has 1 aromatic heterocycles. The van der Waals surface area contributed by atoms with Gasteiger partial charge in [0.05, 0.1) is 17.4 Å². The SMILES string of the molecule is C[C@@H]1CCC[C@H](NC(=O)O)c2cccc(c2)-c2ncccc2NC1=O. The van der Waals surface area contributed by atoms with E-state index in [1.165, 1.54) is 0 Å². The monoisotopic (exact) mass is 339 g/mol. The molecule has 2 bridgehead atoms. The molecule has 2 amide bonds. The molecule has 0 saturated carbocycles. The van der Waals surface area contributed by atoms with Crippen LogP contribution >= 0.6 is 0 Å². The summed E-state index contributed by atoms with van der Waals surface area (Å²) < 4.78 is 0. The lowest BCUT2D eigenvalue weighted by atomic mass is 9.94. The Morgan fingerprint density at radius 1 is 1.28 bits per heavy atom. The number of nitrogens with zero attached hydrogens (tertiary/aromatic N) is 1. The first-order chi connectivity index (χ1) is 12.0. The molecular formula is C19H21N3O3. The molecular weight excluding hydrogens is 318 g/mol. The lowest BCUT2D eigenvalue weighted by molar-refractivity contribution is -0.119. The Hall–Kier alpha value is -2.89. The molecule has 1 aliphatic heterocycles. The summed E-state index contributed by atoms with van der Waals surface area (Å²) >= 11 is 0. The first-order valence-electron chi connectivity index (χ1n) is 8.40. The topological polar surface area (TPSA) is 91.3 Å². The number of carboxylic acid groups (broad SMARTS) is 1. The van der Waals surface area contributed by atoms with E-state index >= 15 is 0 Å². The highest BCUT2D eigenvalue weighted by atomic mass is 16.4. The van der Waals surface area contributed by atoms with E-state index in [9.17, 15) is 9.59 Å². The summed E-state index contributed by atoms with van der Waals surface area (Å²) in [6.07, 6.45) is 2.72. The summed E-state index contributed by atoms with van der Waals surface area (Å²) in [5.41, 5.74) is 3.09. The zero-order chi connectivity index (χ0) is 17.8. The quantitative estimate of drug-likeness (QED) is 0.736. The number of benzene rings is 1. The number of carbonyl (C=O) groups excluding carboxylic acids is 1. The largest absolute Gasteiger partial charge is 0.465 e. The third-order valence-electron chi connectivity index (χ3n) is 4.50. The van der Waals surface area contributed by atoms with Gasteiger partial charge in [-0.15, -0.1) is 0 Å². The standard InChI is InChI=1S/C19H21N3O3/c1-12-5-2-8-15(22-19(24)25)13-6-3-7-14(11-13)17-16(21-18(12)23)9-4-10-20-17/h3-4,6-7,9-12,15,22H,2,5,8H2,1H3,(H,21,23)(H,24,25)/t12-,15+/m1/s1. The second kappa shape index (κ2) is 7.34. The summed E-state index contributed by atoms with van der Waals surface area (Å²) in [6, 6.07) is 11.0. The normalized spacial score (nSPS) is 20.4. The molecule has 3 N–H and O–H groups in total. The summed E-state index contributed by atoms with van der Waals surface area (Å²) in [5.74, 6) is -0.204. The first-order valence-corrected chi connectivity index (χ1v) is 8.40. The molecule has 0 saturated heterocycles. The van der Waals surface area contributed by atoms with Crippen molar-refractivity contribution in [3.63, 3.8) is 0 Å². The summed E-state index contributed by atoms with van der Waals surface area (Å²) in [6.45, 7) is 1.88. The van der Waals surface area contributed by atoms with E-state index < -0.39 is 6.09 Å². The zero-order valence-corrected chi connectivity index (χ0v) is 14.0. The lowest BCUT2D eigenvalue weighted by Crippen LogP contribution is -2.27. The number of hydrogen-bond donors (Lipinski definition) is 3. The Morgan fingerprint density at radius 3 is 2.92 bits per heavy atom. The highest BCUT2D eigenvalue weighted by Gasteiger charge is 2.20. The minimum Gasteiger partial charge on any atom is -0.465 e. The molecule has 0 aliphatic carbocycles. The van der Waals surface area contributed by atoms with E-state index in [1.54, 1.807) is 12.3 Å². The van der Waals surface area contributed by atoms with E-state index in [2.05, 4.69) is 15.6 Å². The summed E-state index contributed by atoms with van der Waals surface area (Å²) in [7, 11) is 0. The van der Waals surface area contributed by atoms with Crippen LogP contribution in [0.15, 0.2) is 42.6 Å². The number of carbonyl (C=O) groups is 2.